The molecule has 2 heteroatoms. The lowest BCUT2D eigenvalue weighted by atomic mass is 9.78. The summed E-state index contributed by atoms with van der Waals surface area (Å²) in [6.45, 7) is 7.26. The van der Waals surface area contributed by atoms with Crippen molar-refractivity contribution < 1.29 is 0 Å². The lowest BCUT2D eigenvalue weighted by Crippen LogP contribution is -2.48. The van der Waals surface area contributed by atoms with Crippen molar-refractivity contribution in [3.8, 4) is 0 Å². The predicted octanol–water partition coefficient (Wildman–Crippen LogP) is 3.79. The predicted molar refractivity (Wildman–Crippen MR) is 83.2 cm³/mol. The number of fused-ring (bicyclic) bond motifs is 1. The molecule has 1 heterocycles. The molecular weight excluding hydrogens is 232 g/mol. The second-order valence-electron chi connectivity index (χ2n) is 7.26. The Bertz CT molecular complexity index is 250. The molecule has 1 aliphatic heterocycles. The molecule has 1 saturated heterocycles. The third kappa shape index (κ3) is 4.75. The molecule has 0 radical (unpaired) electrons. The highest BCUT2D eigenvalue weighted by molar-refractivity contribution is 4.87. The van der Waals surface area contributed by atoms with E-state index in [1.165, 1.54) is 70.9 Å². The van der Waals surface area contributed by atoms with Crippen molar-refractivity contribution in [3.63, 3.8) is 0 Å². The van der Waals surface area contributed by atoms with Gasteiger partial charge in [0, 0.05) is 18.6 Å². The number of rotatable bonds is 6. The molecule has 0 aromatic carbocycles. The average Bonchev–Trinajstić information content (AvgIpc) is 2.39. The molecule has 2 N–H and O–H groups in total. The van der Waals surface area contributed by atoms with Gasteiger partial charge in [0.25, 0.3) is 0 Å². The summed E-state index contributed by atoms with van der Waals surface area (Å²) in [5, 5.41) is 0. The standard InChI is InChI=1S/C17H34N2/c1-14(7-5-8-15(2)18)13-19-12-6-10-16-9-3-4-11-17(16)19/h14-17H,3-13,18H2,1-2H3/t14?,15?,16-,17-/m1/s1. The summed E-state index contributed by atoms with van der Waals surface area (Å²) in [5.74, 6) is 1.87. The quantitative estimate of drug-likeness (QED) is 0.792. The number of nitrogens with two attached hydrogens (primary N) is 1. The first-order valence-electron chi connectivity index (χ1n) is 8.66. The molecule has 0 aromatic rings. The van der Waals surface area contributed by atoms with Crippen LogP contribution in [-0.4, -0.2) is 30.1 Å². The first kappa shape index (κ1) is 15.3. The van der Waals surface area contributed by atoms with Gasteiger partial charge in [-0.05, 0) is 63.8 Å². The first-order valence-corrected chi connectivity index (χ1v) is 8.66. The van der Waals surface area contributed by atoms with Crippen molar-refractivity contribution in [2.45, 2.75) is 83.7 Å². The van der Waals surface area contributed by atoms with Gasteiger partial charge in [-0.1, -0.05) is 26.2 Å². The van der Waals surface area contributed by atoms with Crippen molar-refractivity contribution >= 4 is 0 Å². The third-order valence-corrected chi connectivity index (χ3v) is 5.26. The van der Waals surface area contributed by atoms with Crippen molar-refractivity contribution in [2.24, 2.45) is 17.6 Å². The van der Waals surface area contributed by atoms with Crippen LogP contribution in [0.25, 0.3) is 0 Å². The molecule has 0 amide bonds. The largest absolute Gasteiger partial charge is 0.328 e. The number of hydrogen-bond donors (Lipinski definition) is 1. The zero-order chi connectivity index (χ0) is 13.7. The highest BCUT2D eigenvalue weighted by Gasteiger charge is 2.33. The van der Waals surface area contributed by atoms with Gasteiger partial charge in [0.15, 0.2) is 0 Å². The maximum Gasteiger partial charge on any atom is 0.0124 e. The molecule has 1 saturated carbocycles. The van der Waals surface area contributed by atoms with Gasteiger partial charge < -0.3 is 5.73 Å². The Morgan fingerprint density at radius 2 is 1.79 bits per heavy atom. The smallest absolute Gasteiger partial charge is 0.0124 e. The molecule has 2 fully saturated rings. The van der Waals surface area contributed by atoms with Gasteiger partial charge in [0.05, 0.1) is 0 Å². The summed E-state index contributed by atoms with van der Waals surface area (Å²) >= 11 is 0. The van der Waals surface area contributed by atoms with E-state index in [9.17, 15) is 0 Å². The van der Waals surface area contributed by atoms with Crippen LogP contribution in [0.4, 0.5) is 0 Å². The third-order valence-electron chi connectivity index (χ3n) is 5.26. The Morgan fingerprint density at radius 3 is 2.58 bits per heavy atom. The van der Waals surface area contributed by atoms with E-state index in [1.54, 1.807) is 0 Å². The number of nitrogens with zero attached hydrogens (tertiary/aromatic N) is 1. The Labute approximate surface area is 120 Å². The highest BCUT2D eigenvalue weighted by atomic mass is 15.2. The van der Waals surface area contributed by atoms with Crippen LogP contribution in [-0.2, 0) is 0 Å². The molecule has 2 rings (SSSR count). The summed E-state index contributed by atoms with van der Waals surface area (Å²) < 4.78 is 0. The molecule has 0 spiro atoms. The molecule has 0 bridgehead atoms. The molecule has 112 valence electrons. The fraction of sp³-hybridized carbons (Fsp3) is 1.00. The summed E-state index contributed by atoms with van der Waals surface area (Å²) in [5.41, 5.74) is 5.84. The van der Waals surface area contributed by atoms with Crippen molar-refractivity contribution in [3.05, 3.63) is 0 Å². The zero-order valence-electron chi connectivity index (χ0n) is 13.1. The highest BCUT2D eigenvalue weighted by Crippen LogP contribution is 2.35. The number of piperidine rings is 1. The average molecular weight is 266 g/mol. The zero-order valence-corrected chi connectivity index (χ0v) is 13.1. The monoisotopic (exact) mass is 266 g/mol. The van der Waals surface area contributed by atoms with Gasteiger partial charge >= 0.3 is 0 Å². The summed E-state index contributed by atoms with van der Waals surface area (Å²) in [6, 6.07) is 1.31. The Kier molecular flexibility index (Phi) is 6.15. The molecular formula is C17H34N2. The van der Waals surface area contributed by atoms with E-state index in [-0.39, 0.29) is 0 Å². The topological polar surface area (TPSA) is 29.3 Å². The second kappa shape index (κ2) is 7.64. The number of likely N-dealkylation sites (tertiary alicyclic amines) is 1. The van der Waals surface area contributed by atoms with Gasteiger partial charge in [-0.2, -0.15) is 0 Å². The maximum absolute atomic E-state index is 5.84. The van der Waals surface area contributed by atoms with Gasteiger partial charge in [-0.15, -0.1) is 0 Å². The van der Waals surface area contributed by atoms with Crippen molar-refractivity contribution in [2.75, 3.05) is 13.1 Å². The van der Waals surface area contributed by atoms with Crippen LogP contribution in [0.2, 0.25) is 0 Å². The van der Waals surface area contributed by atoms with Crippen LogP contribution < -0.4 is 5.73 Å². The fourth-order valence-electron chi connectivity index (χ4n) is 4.23. The lowest BCUT2D eigenvalue weighted by Gasteiger charge is -2.45. The van der Waals surface area contributed by atoms with E-state index in [4.69, 9.17) is 5.73 Å². The van der Waals surface area contributed by atoms with Gasteiger partial charge in [0.2, 0.25) is 0 Å². The van der Waals surface area contributed by atoms with Gasteiger partial charge in [-0.25, -0.2) is 0 Å². The minimum absolute atomic E-state index is 0.380. The SMILES string of the molecule is CC(N)CCCC(C)CN1CCC[C@H]2CCCC[C@H]21. The molecule has 1 aliphatic carbocycles. The summed E-state index contributed by atoms with van der Waals surface area (Å²) in [6.07, 6.45) is 12.7. The van der Waals surface area contributed by atoms with E-state index in [0.29, 0.717) is 6.04 Å². The molecule has 2 unspecified atom stereocenters. The second-order valence-corrected chi connectivity index (χ2v) is 7.26. The maximum atomic E-state index is 5.84. The van der Waals surface area contributed by atoms with E-state index in [1.807, 2.05) is 0 Å². The molecule has 2 nitrogen and oxygen atoms in total. The van der Waals surface area contributed by atoms with E-state index < -0.39 is 0 Å². The Hall–Kier alpha value is -0.0800. The minimum Gasteiger partial charge on any atom is -0.328 e. The van der Waals surface area contributed by atoms with Gasteiger partial charge in [-0.3, -0.25) is 4.90 Å². The Balaban J connectivity index is 1.73. The fourth-order valence-corrected chi connectivity index (χ4v) is 4.23. The minimum atomic E-state index is 0.380. The van der Waals surface area contributed by atoms with Crippen LogP contribution >= 0.6 is 0 Å². The van der Waals surface area contributed by atoms with Crippen LogP contribution in [0.3, 0.4) is 0 Å². The molecule has 4 atom stereocenters. The molecule has 2 aliphatic rings. The summed E-state index contributed by atoms with van der Waals surface area (Å²) in [4.78, 5) is 2.84. The van der Waals surface area contributed by atoms with E-state index in [0.717, 1.165) is 17.9 Å². The van der Waals surface area contributed by atoms with Crippen molar-refractivity contribution in [1.29, 1.82) is 0 Å². The van der Waals surface area contributed by atoms with Crippen LogP contribution in [0, 0.1) is 11.8 Å². The molecule has 19 heavy (non-hydrogen) atoms. The van der Waals surface area contributed by atoms with Gasteiger partial charge in [0.1, 0.15) is 0 Å². The van der Waals surface area contributed by atoms with Crippen LogP contribution in [0.5, 0.6) is 0 Å². The Morgan fingerprint density at radius 1 is 1.05 bits per heavy atom. The van der Waals surface area contributed by atoms with Crippen LogP contribution in [0.15, 0.2) is 0 Å². The summed E-state index contributed by atoms with van der Waals surface area (Å²) in [7, 11) is 0. The number of hydrogen-bond acceptors (Lipinski definition) is 2. The first-order chi connectivity index (χ1) is 9.16. The molecule has 0 aromatic heterocycles. The van der Waals surface area contributed by atoms with Crippen molar-refractivity contribution in [1.82, 2.24) is 4.90 Å². The van der Waals surface area contributed by atoms with E-state index in [2.05, 4.69) is 18.7 Å². The lowest BCUT2D eigenvalue weighted by molar-refractivity contribution is 0.0487. The van der Waals surface area contributed by atoms with Crippen LogP contribution in [0.1, 0.15) is 71.6 Å². The normalized spacial score (nSPS) is 31.7. The van der Waals surface area contributed by atoms with E-state index >= 15 is 0 Å².